The maximum absolute atomic E-state index is 13.5. The summed E-state index contributed by atoms with van der Waals surface area (Å²) in [6.07, 6.45) is 5.72. The molecule has 3 rings (SSSR count). The van der Waals surface area contributed by atoms with Gasteiger partial charge < -0.3 is 10.2 Å². The second-order valence-electron chi connectivity index (χ2n) is 8.88. The van der Waals surface area contributed by atoms with Crippen LogP contribution in [0.3, 0.4) is 0 Å². The fraction of sp³-hybridized carbons (Fsp3) is 0.462. The topological polar surface area (TPSA) is 49.4 Å². The summed E-state index contributed by atoms with van der Waals surface area (Å²) in [5, 5.41) is 4.19. The Balaban J connectivity index is 1.82. The van der Waals surface area contributed by atoms with E-state index >= 15 is 0 Å². The predicted octanol–water partition coefficient (Wildman–Crippen LogP) is 6.02. The van der Waals surface area contributed by atoms with Gasteiger partial charge in [0.2, 0.25) is 11.8 Å². The Bertz CT molecular complexity index is 970. The highest BCUT2D eigenvalue weighted by Crippen LogP contribution is 2.24. The SMILES string of the molecule is Cc1ccc(C)c(CC(=O)N(Cc2ccc(Cl)cc2Cl)[C@H](C)C(=O)NC2CCCCC2)c1. The highest BCUT2D eigenvalue weighted by atomic mass is 35.5. The summed E-state index contributed by atoms with van der Waals surface area (Å²) in [5.41, 5.74) is 3.91. The monoisotopic (exact) mass is 474 g/mol. The van der Waals surface area contributed by atoms with Crippen molar-refractivity contribution in [2.75, 3.05) is 0 Å². The number of hydrogen-bond donors (Lipinski definition) is 1. The maximum Gasteiger partial charge on any atom is 0.242 e. The van der Waals surface area contributed by atoms with E-state index in [2.05, 4.69) is 5.32 Å². The highest BCUT2D eigenvalue weighted by molar-refractivity contribution is 6.35. The largest absolute Gasteiger partial charge is 0.352 e. The van der Waals surface area contributed by atoms with Gasteiger partial charge in [-0.15, -0.1) is 0 Å². The summed E-state index contributed by atoms with van der Waals surface area (Å²) in [7, 11) is 0. The fourth-order valence-electron chi connectivity index (χ4n) is 4.24. The maximum atomic E-state index is 13.5. The molecule has 0 saturated heterocycles. The van der Waals surface area contributed by atoms with Crippen molar-refractivity contribution in [2.24, 2.45) is 0 Å². The Kier molecular flexibility index (Phi) is 8.61. The first-order valence-electron chi connectivity index (χ1n) is 11.3. The second kappa shape index (κ2) is 11.2. The molecule has 0 spiro atoms. The molecule has 172 valence electrons. The van der Waals surface area contributed by atoms with Gasteiger partial charge in [0.15, 0.2) is 0 Å². The summed E-state index contributed by atoms with van der Waals surface area (Å²) in [4.78, 5) is 28.2. The van der Waals surface area contributed by atoms with Crippen LogP contribution in [0, 0.1) is 13.8 Å². The lowest BCUT2D eigenvalue weighted by atomic mass is 9.95. The second-order valence-corrected chi connectivity index (χ2v) is 9.73. The standard InChI is InChI=1S/C26H32Cl2N2O2/c1-17-9-10-18(2)21(13-17)14-25(31)30(16-20-11-12-22(27)15-24(20)28)19(3)26(32)29-23-7-5-4-6-8-23/h9-13,15,19,23H,4-8,14,16H2,1-3H3,(H,29,32)/t19-/m1/s1. The Morgan fingerprint density at radius 2 is 1.75 bits per heavy atom. The van der Waals surface area contributed by atoms with Gasteiger partial charge in [0.1, 0.15) is 6.04 Å². The minimum atomic E-state index is -0.610. The number of carbonyl (C=O) groups is 2. The van der Waals surface area contributed by atoms with Gasteiger partial charge in [0.25, 0.3) is 0 Å². The van der Waals surface area contributed by atoms with Gasteiger partial charge in [-0.25, -0.2) is 0 Å². The van der Waals surface area contributed by atoms with Crippen LogP contribution in [0.2, 0.25) is 10.0 Å². The molecule has 32 heavy (non-hydrogen) atoms. The molecule has 1 aliphatic rings. The molecule has 2 aromatic carbocycles. The van der Waals surface area contributed by atoms with Crippen LogP contribution in [0.4, 0.5) is 0 Å². The third kappa shape index (κ3) is 6.49. The summed E-state index contributed by atoms with van der Waals surface area (Å²) in [6, 6.07) is 10.9. The third-order valence-electron chi connectivity index (χ3n) is 6.32. The van der Waals surface area contributed by atoms with Crippen LogP contribution in [-0.4, -0.2) is 28.8 Å². The molecule has 2 amide bonds. The molecule has 6 heteroatoms. The molecule has 0 bridgehead atoms. The average Bonchev–Trinajstić information content (AvgIpc) is 2.76. The third-order valence-corrected chi connectivity index (χ3v) is 6.91. The van der Waals surface area contributed by atoms with Crippen molar-refractivity contribution in [1.29, 1.82) is 0 Å². The Morgan fingerprint density at radius 3 is 2.44 bits per heavy atom. The number of nitrogens with zero attached hydrogens (tertiary/aromatic N) is 1. The van der Waals surface area contributed by atoms with Crippen molar-refractivity contribution < 1.29 is 9.59 Å². The summed E-state index contributed by atoms with van der Waals surface area (Å²) in [5.74, 6) is -0.215. The van der Waals surface area contributed by atoms with Crippen LogP contribution in [0.5, 0.6) is 0 Å². The molecule has 0 unspecified atom stereocenters. The number of hydrogen-bond acceptors (Lipinski definition) is 2. The van der Waals surface area contributed by atoms with E-state index < -0.39 is 6.04 Å². The quantitative estimate of drug-likeness (QED) is 0.533. The van der Waals surface area contributed by atoms with Gasteiger partial charge in [0.05, 0.1) is 6.42 Å². The van der Waals surface area contributed by atoms with Gasteiger partial charge in [-0.3, -0.25) is 9.59 Å². The molecule has 2 aromatic rings. The normalized spacial score (nSPS) is 15.3. The minimum Gasteiger partial charge on any atom is -0.352 e. The van der Waals surface area contributed by atoms with E-state index in [0.717, 1.165) is 47.9 Å². The van der Waals surface area contributed by atoms with Gasteiger partial charge >= 0.3 is 0 Å². The van der Waals surface area contributed by atoms with Crippen molar-refractivity contribution in [3.63, 3.8) is 0 Å². The van der Waals surface area contributed by atoms with Gasteiger partial charge in [0, 0.05) is 22.6 Å². The lowest BCUT2D eigenvalue weighted by molar-refractivity contribution is -0.140. The van der Waals surface area contributed by atoms with Crippen LogP contribution in [-0.2, 0) is 22.6 Å². The van der Waals surface area contributed by atoms with Crippen LogP contribution < -0.4 is 5.32 Å². The molecule has 1 saturated carbocycles. The first-order chi connectivity index (χ1) is 15.2. The molecule has 4 nitrogen and oxygen atoms in total. The van der Waals surface area contributed by atoms with E-state index in [1.807, 2.05) is 38.1 Å². The molecule has 1 N–H and O–H groups in total. The molecular formula is C26H32Cl2N2O2. The number of halogens is 2. The minimum absolute atomic E-state index is 0.101. The highest BCUT2D eigenvalue weighted by Gasteiger charge is 2.29. The summed E-state index contributed by atoms with van der Waals surface area (Å²) < 4.78 is 0. The molecular weight excluding hydrogens is 443 g/mol. The van der Waals surface area contributed by atoms with Crippen molar-refractivity contribution in [3.8, 4) is 0 Å². The number of benzene rings is 2. The summed E-state index contributed by atoms with van der Waals surface area (Å²) >= 11 is 12.4. The van der Waals surface area contributed by atoms with E-state index in [1.54, 1.807) is 24.0 Å². The van der Waals surface area contributed by atoms with Crippen molar-refractivity contribution in [2.45, 2.75) is 77.9 Å². The first-order valence-corrected chi connectivity index (χ1v) is 12.1. The molecule has 1 aliphatic carbocycles. The molecule has 0 heterocycles. The number of aryl methyl sites for hydroxylation is 2. The Morgan fingerprint density at radius 1 is 1.03 bits per heavy atom. The van der Waals surface area contributed by atoms with Crippen LogP contribution >= 0.6 is 23.2 Å². The van der Waals surface area contributed by atoms with Crippen molar-refractivity contribution in [1.82, 2.24) is 10.2 Å². The molecule has 0 aliphatic heterocycles. The Labute approximate surface area is 201 Å². The zero-order chi connectivity index (χ0) is 23.3. The van der Waals surface area contributed by atoms with E-state index in [1.165, 1.54) is 6.42 Å². The van der Waals surface area contributed by atoms with E-state index in [-0.39, 0.29) is 30.8 Å². The van der Waals surface area contributed by atoms with E-state index in [0.29, 0.717) is 10.0 Å². The zero-order valence-corrected chi connectivity index (χ0v) is 20.6. The number of rotatable bonds is 7. The number of nitrogens with one attached hydrogen (secondary N) is 1. The number of amides is 2. The Hall–Kier alpha value is -2.04. The van der Waals surface area contributed by atoms with Gasteiger partial charge in [-0.1, -0.05) is 72.3 Å². The van der Waals surface area contributed by atoms with Crippen LogP contribution in [0.25, 0.3) is 0 Å². The lowest BCUT2D eigenvalue weighted by Crippen LogP contribution is -2.50. The van der Waals surface area contributed by atoms with Crippen LogP contribution in [0.1, 0.15) is 61.3 Å². The van der Waals surface area contributed by atoms with Crippen molar-refractivity contribution in [3.05, 3.63) is 68.7 Å². The lowest BCUT2D eigenvalue weighted by Gasteiger charge is -2.31. The smallest absolute Gasteiger partial charge is 0.242 e. The molecule has 1 fully saturated rings. The molecule has 1 atom stereocenters. The van der Waals surface area contributed by atoms with Gasteiger partial charge in [-0.2, -0.15) is 0 Å². The van der Waals surface area contributed by atoms with E-state index in [4.69, 9.17) is 23.2 Å². The van der Waals surface area contributed by atoms with Crippen molar-refractivity contribution >= 4 is 35.0 Å². The van der Waals surface area contributed by atoms with Crippen LogP contribution in [0.15, 0.2) is 36.4 Å². The zero-order valence-electron chi connectivity index (χ0n) is 19.1. The average molecular weight is 475 g/mol. The molecule has 0 radical (unpaired) electrons. The molecule has 0 aromatic heterocycles. The number of carbonyl (C=O) groups excluding carboxylic acids is 2. The van der Waals surface area contributed by atoms with E-state index in [9.17, 15) is 9.59 Å². The predicted molar refractivity (Wildman–Crippen MR) is 131 cm³/mol. The fourth-order valence-corrected chi connectivity index (χ4v) is 4.71. The summed E-state index contributed by atoms with van der Waals surface area (Å²) in [6.45, 7) is 6.06. The van der Waals surface area contributed by atoms with Gasteiger partial charge in [-0.05, 0) is 62.4 Å². The first kappa shape index (κ1) is 24.6.